The quantitative estimate of drug-likeness (QED) is 0.847. The molecule has 0 fully saturated rings. The van der Waals surface area contributed by atoms with Gasteiger partial charge in [-0.05, 0) is 37.1 Å². The van der Waals surface area contributed by atoms with E-state index in [4.69, 9.17) is 15.2 Å². The van der Waals surface area contributed by atoms with Crippen LogP contribution >= 0.6 is 0 Å². The summed E-state index contributed by atoms with van der Waals surface area (Å²) in [5.74, 6) is 0.939. The SMILES string of the molecule is COCCC(C)Oc1ccc2ccccc2c1CC(C)N. The molecular formula is C18H25NO2. The highest BCUT2D eigenvalue weighted by molar-refractivity contribution is 5.87. The summed E-state index contributed by atoms with van der Waals surface area (Å²) in [6.07, 6.45) is 1.81. The Bertz CT molecular complexity index is 580. The second kappa shape index (κ2) is 7.43. The van der Waals surface area contributed by atoms with E-state index in [1.165, 1.54) is 16.3 Å². The Morgan fingerprint density at radius 1 is 1.10 bits per heavy atom. The Labute approximate surface area is 127 Å². The van der Waals surface area contributed by atoms with Crippen molar-refractivity contribution < 1.29 is 9.47 Å². The first-order valence-electron chi connectivity index (χ1n) is 7.53. The zero-order valence-corrected chi connectivity index (χ0v) is 13.1. The standard InChI is InChI=1S/C18H25NO2/c1-13(19)12-17-16-7-5-4-6-15(16)8-9-18(17)21-14(2)10-11-20-3/h4-9,13-14H,10-12,19H2,1-3H3. The molecule has 0 saturated heterocycles. The van der Waals surface area contributed by atoms with Gasteiger partial charge in [0.05, 0.1) is 6.10 Å². The van der Waals surface area contributed by atoms with E-state index in [-0.39, 0.29) is 12.1 Å². The largest absolute Gasteiger partial charge is 0.490 e. The lowest BCUT2D eigenvalue weighted by molar-refractivity contribution is 0.134. The van der Waals surface area contributed by atoms with Crippen LogP contribution in [0.25, 0.3) is 10.8 Å². The summed E-state index contributed by atoms with van der Waals surface area (Å²) in [5, 5.41) is 2.45. The van der Waals surface area contributed by atoms with Crippen molar-refractivity contribution in [1.82, 2.24) is 0 Å². The molecule has 0 aliphatic carbocycles. The summed E-state index contributed by atoms with van der Waals surface area (Å²) in [7, 11) is 1.71. The van der Waals surface area contributed by atoms with Crippen LogP contribution in [0.5, 0.6) is 5.75 Å². The molecule has 114 valence electrons. The molecule has 3 nitrogen and oxygen atoms in total. The topological polar surface area (TPSA) is 44.5 Å². The lowest BCUT2D eigenvalue weighted by Gasteiger charge is -2.20. The highest BCUT2D eigenvalue weighted by atomic mass is 16.5. The molecule has 2 aromatic rings. The Hall–Kier alpha value is -1.58. The molecule has 21 heavy (non-hydrogen) atoms. The van der Waals surface area contributed by atoms with E-state index in [0.29, 0.717) is 6.61 Å². The molecule has 0 aromatic heterocycles. The van der Waals surface area contributed by atoms with Crippen molar-refractivity contribution >= 4 is 10.8 Å². The van der Waals surface area contributed by atoms with E-state index < -0.39 is 0 Å². The number of fused-ring (bicyclic) bond motifs is 1. The first-order chi connectivity index (χ1) is 10.1. The molecule has 0 aliphatic heterocycles. The van der Waals surface area contributed by atoms with Gasteiger partial charge in [-0.3, -0.25) is 0 Å². The lowest BCUT2D eigenvalue weighted by atomic mass is 9.98. The van der Waals surface area contributed by atoms with Gasteiger partial charge in [-0.1, -0.05) is 30.3 Å². The minimum atomic E-state index is 0.104. The molecule has 2 atom stereocenters. The van der Waals surface area contributed by atoms with Crippen molar-refractivity contribution in [3.63, 3.8) is 0 Å². The second-order valence-corrected chi connectivity index (χ2v) is 5.65. The average molecular weight is 287 g/mol. The minimum absolute atomic E-state index is 0.104. The molecule has 2 N–H and O–H groups in total. The number of ether oxygens (including phenoxy) is 2. The van der Waals surface area contributed by atoms with E-state index in [1.807, 2.05) is 6.92 Å². The highest BCUT2D eigenvalue weighted by Gasteiger charge is 2.13. The third-order valence-electron chi connectivity index (χ3n) is 3.58. The highest BCUT2D eigenvalue weighted by Crippen LogP contribution is 2.30. The molecule has 2 unspecified atom stereocenters. The number of nitrogens with two attached hydrogens (primary N) is 1. The van der Waals surface area contributed by atoms with Crippen molar-refractivity contribution in [3.05, 3.63) is 42.0 Å². The van der Waals surface area contributed by atoms with E-state index in [0.717, 1.165) is 18.6 Å². The first-order valence-corrected chi connectivity index (χ1v) is 7.53. The third kappa shape index (κ3) is 4.19. The maximum absolute atomic E-state index is 6.12. The van der Waals surface area contributed by atoms with Crippen LogP contribution in [0.4, 0.5) is 0 Å². The number of hydrogen-bond donors (Lipinski definition) is 1. The molecule has 0 heterocycles. The summed E-state index contributed by atoms with van der Waals surface area (Å²) in [4.78, 5) is 0. The molecule has 0 radical (unpaired) electrons. The van der Waals surface area contributed by atoms with Crippen molar-refractivity contribution in [2.45, 2.75) is 38.8 Å². The van der Waals surface area contributed by atoms with Crippen LogP contribution in [-0.4, -0.2) is 25.9 Å². The predicted molar refractivity (Wildman–Crippen MR) is 87.9 cm³/mol. The molecule has 3 heteroatoms. The van der Waals surface area contributed by atoms with Crippen LogP contribution in [-0.2, 0) is 11.2 Å². The fraction of sp³-hybridized carbons (Fsp3) is 0.444. The van der Waals surface area contributed by atoms with Crippen LogP contribution in [0.1, 0.15) is 25.8 Å². The van der Waals surface area contributed by atoms with Crippen molar-refractivity contribution in [3.8, 4) is 5.75 Å². The summed E-state index contributed by atoms with van der Waals surface area (Å²) in [5.41, 5.74) is 7.22. The molecule has 2 aromatic carbocycles. The second-order valence-electron chi connectivity index (χ2n) is 5.65. The number of rotatable bonds is 7. The van der Waals surface area contributed by atoms with Gasteiger partial charge in [0.2, 0.25) is 0 Å². The van der Waals surface area contributed by atoms with E-state index >= 15 is 0 Å². The van der Waals surface area contributed by atoms with Crippen molar-refractivity contribution in [1.29, 1.82) is 0 Å². The van der Waals surface area contributed by atoms with Crippen molar-refractivity contribution in [2.24, 2.45) is 5.73 Å². The molecule has 0 bridgehead atoms. The Balaban J connectivity index is 2.33. The van der Waals surface area contributed by atoms with Gasteiger partial charge < -0.3 is 15.2 Å². The van der Waals surface area contributed by atoms with Gasteiger partial charge in [-0.2, -0.15) is 0 Å². The van der Waals surface area contributed by atoms with E-state index in [1.54, 1.807) is 7.11 Å². The first kappa shape index (κ1) is 15.8. The Morgan fingerprint density at radius 2 is 1.86 bits per heavy atom. The Kier molecular flexibility index (Phi) is 5.59. The number of hydrogen-bond acceptors (Lipinski definition) is 3. The number of methoxy groups -OCH3 is 1. The Morgan fingerprint density at radius 3 is 2.57 bits per heavy atom. The van der Waals surface area contributed by atoms with Crippen molar-refractivity contribution in [2.75, 3.05) is 13.7 Å². The van der Waals surface area contributed by atoms with Crippen LogP contribution in [0.3, 0.4) is 0 Å². The zero-order chi connectivity index (χ0) is 15.2. The van der Waals surface area contributed by atoms with Crippen LogP contribution in [0.15, 0.2) is 36.4 Å². The van der Waals surface area contributed by atoms with Gasteiger partial charge in [-0.15, -0.1) is 0 Å². The van der Waals surface area contributed by atoms with E-state index in [9.17, 15) is 0 Å². The van der Waals surface area contributed by atoms with Gasteiger partial charge in [-0.25, -0.2) is 0 Å². The molecule has 0 amide bonds. The molecule has 0 spiro atoms. The fourth-order valence-electron chi connectivity index (χ4n) is 2.52. The number of benzene rings is 2. The van der Waals surface area contributed by atoms with Gasteiger partial charge >= 0.3 is 0 Å². The lowest BCUT2D eigenvalue weighted by Crippen LogP contribution is -2.20. The average Bonchev–Trinajstić information content (AvgIpc) is 2.47. The maximum atomic E-state index is 6.12. The predicted octanol–water partition coefficient (Wildman–Crippen LogP) is 3.53. The fourth-order valence-corrected chi connectivity index (χ4v) is 2.52. The summed E-state index contributed by atoms with van der Waals surface area (Å²) in [6, 6.07) is 12.7. The van der Waals surface area contributed by atoms with Gasteiger partial charge in [0.15, 0.2) is 0 Å². The molecular weight excluding hydrogens is 262 g/mol. The molecule has 2 rings (SSSR count). The van der Waals surface area contributed by atoms with Gasteiger partial charge in [0, 0.05) is 31.7 Å². The minimum Gasteiger partial charge on any atom is -0.490 e. The van der Waals surface area contributed by atoms with Crippen LogP contribution in [0.2, 0.25) is 0 Å². The summed E-state index contributed by atoms with van der Waals surface area (Å²) < 4.78 is 11.2. The van der Waals surface area contributed by atoms with Crippen LogP contribution in [0, 0.1) is 0 Å². The zero-order valence-electron chi connectivity index (χ0n) is 13.1. The van der Waals surface area contributed by atoms with Gasteiger partial charge in [0.25, 0.3) is 0 Å². The maximum Gasteiger partial charge on any atom is 0.123 e. The third-order valence-corrected chi connectivity index (χ3v) is 3.58. The smallest absolute Gasteiger partial charge is 0.123 e. The monoisotopic (exact) mass is 287 g/mol. The molecule has 0 saturated carbocycles. The summed E-state index contributed by atoms with van der Waals surface area (Å²) >= 11 is 0. The molecule has 0 aliphatic rings. The van der Waals surface area contributed by atoms with Crippen LogP contribution < -0.4 is 10.5 Å². The van der Waals surface area contributed by atoms with Gasteiger partial charge in [0.1, 0.15) is 5.75 Å². The van der Waals surface area contributed by atoms with E-state index in [2.05, 4.69) is 43.3 Å². The normalized spacial score (nSPS) is 14.1. The summed E-state index contributed by atoms with van der Waals surface area (Å²) in [6.45, 7) is 4.81.